The van der Waals surface area contributed by atoms with E-state index >= 15 is 0 Å². The Morgan fingerprint density at radius 2 is 1.76 bits per heavy atom. The van der Waals surface area contributed by atoms with Gasteiger partial charge in [0.1, 0.15) is 0 Å². The molecule has 0 aliphatic heterocycles. The average Bonchev–Trinajstić information content (AvgIpc) is 2.79. The summed E-state index contributed by atoms with van der Waals surface area (Å²) in [5, 5.41) is 9.59. The number of urea groups is 1. The van der Waals surface area contributed by atoms with Gasteiger partial charge in [0.05, 0.1) is 6.54 Å². The largest absolute Gasteiger partial charge is 0.350 e. The summed E-state index contributed by atoms with van der Waals surface area (Å²) in [5.41, 5.74) is 9.38. The molecular formula is C16H19N3O2. The maximum absolute atomic E-state index is 10.6. The van der Waals surface area contributed by atoms with E-state index in [0.29, 0.717) is 5.06 Å². The second-order valence-electron chi connectivity index (χ2n) is 4.87. The summed E-state index contributed by atoms with van der Waals surface area (Å²) in [7, 11) is 0. The topological polar surface area (TPSA) is 71.5 Å². The Labute approximate surface area is 123 Å². The molecule has 0 aliphatic rings. The number of aryl methyl sites for hydroxylation is 2. The maximum Gasteiger partial charge on any atom is 0.338 e. The number of hydrogen-bond acceptors (Lipinski definition) is 2. The zero-order valence-electron chi connectivity index (χ0n) is 12.2. The van der Waals surface area contributed by atoms with Crippen molar-refractivity contribution in [3.63, 3.8) is 0 Å². The van der Waals surface area contributed by atoms with Gasteiger partial charge < -0.3 is 10.3 Å². The summed E-state index contributed by atoms with van der Waals surface area (Å²) >= 11 is 0. The molecule has 5 nitrogen and oxygen atoms in total. The van der Waals surface area contributed by atoms with Crippen LogP contribution in [0.1, 0.15) is 17.0 Å². The number of amides is 2. The third-order valence-electron chi connectivity index (χ3n) is 3.27. The first-order valence-corrected chi connectivity index (χ1v) is 6.67. The molecule has 0 bridgehead atoms. The highest BCUT2D eigenvalue weighted by Crippen LogP contribution is 2.17. The van der Waals surface area contributed by atoms with E-state index in [1.165, 1.54) is 11.4 Å². The molecule has 3 N–H and O–H groups in total. The molecule has 0 unspecified atom stereocenters. The third kappa shape index (κ3) is 3.52. The lowest BCUT2D eigenvalue weighted by Gasteiger charge is -2.10. The highest BCUT2D eigenvalue weighted by atomic mass is 16.5. The predicted molar refractivity (Wildman–Crippen MR) is 82.4 cm³/mol. The summed E-state index contributed by atoms with van der Waals surface area (Å²) in [6.45, 7) is 4.20. The molecule has 2 amide bonds. The Hall–Kier alpha value is -2.53. The van der Waals surface area contributed by atoms with Crippen molar-refractivity contribution in [3.8, 4) is 5.69 Å². The smallest absolute Gasteiger partial charge is 0.338 e. The number of nitrogens with two attached hydrogens (primary N) is 1. The molecule has 0 aliphatic carbocycles. The molecular weight excluding hydrogens is 266 g/mol. The summed E-state index contributed by atoms with van der Waals surface area (Å²) in [6, 6.07) is 11.3. The normalized spacial score (nSPS) is 11.0. The number of aromatic nitrogens is 1. The molecule has 2 aromatic rings. The summed E-state index contributed by atoms with van der Waals surface area (Å²) < 4.78 is 2.18. The van der Waals surface area contributed by atoms with Gasteiger partial charge in [-0.2, -0.15) is 0 Å². The van der Waals surface area contributed by atoms with Crippen molar-refractivity contribution in [2.75, 3.05) is 6.54 Å². The number of nitrogens with zero attached hydrogens (tertiary/aromatic N) is 2. The van der Waals surface area contributed by atoms with Crippen molar-refractivity contribution in [3.05, 3.63) is 59.4 Å². The van der Waals surface area contributed by atoms with Gasteiger partial charge in [-0.1, -0.05) is 24.3 Å². The van der Waals surface area contributed by atoms with E-state index in [-0.39, 0.29) is 6.54 Å². The van der Waals surface area contributed by atoms with Crippen LogP contribution in [0.4, 0.5) is 4.79 Å². The molecule has 2 rings (SSSR count). The lowest BCUT2D eigenvalue weighted by atomic mass is 10.2. The van der Waals surface area contributed by atoms with E-state index in [1.54, 1.807) is 6.08 Å². The Morgan fingerprint density at radius 3 is 2.29 bits per heavy atom. The zero-order chi connectivity index (χ0) is 15.4. The van der Waals surface area contributed by atoms with E-state index in [1.807, 2.05) is 30.3 Å². The van der Waals surface area contributed by atoms with E-state index in [2.05, 4.69) is 30.5 Å². The first-order chi connectivity index (χ1) is 9.99. The molecule has 0 radical (unpaired) electrons. The van der Waals surface area contributed by atoms with E-state index in [4.69, 9.17) is 10.9 Å². The van der Waals surface area contributed by atoms with Gasteiger partial charge in [-0.05, 0) is 43.7 Å². The minimum atomic E-state index is -0.867. The van der Waals surface area contributed by atoms with Crippen LogP contribution in [-0.2, 0) is 0 Å². The Morgan fingerprint density at radius 1 is 1.19 bits per heavy atom. The number of primary amides is 1. The fraction of sp³-hybridized carbons (Fsp3) is 0.188. The first kappa shape index (κ1) is 14.9. The second kappa shape index (κ2) is 6.28. The lowest BCUT2D eigenvalue weighted by molar-refractivity contribution is -0.0286. The quantitative estimate of drug-likeness (QED) is 0.669. The van der Waals surface area contributed by atoms with Crippen LogP contribution < -0.4 is 5.73 Å². The van der Waals surface area contributed by atoms with Crippen molar-refractivity contribution in [1.29, 1.82) is 0 Å². The minimum absolute atomic E-state index is 0.0624. The Bertz CT molecular complexity index is 637. The number of rotatable bonds is 4. The molecule has 0 spiro atoms. The van der Waals surface area contributed by atoms with Crippen molar-refractivity contribution < 1.29 is 10.0 Å². The average molecular weight is 285 g/mol. The minimum Gasteiger partial charge on any atom is -0.350 e. The van der Waals surface area contributed by atoms with Crippen molar-refractivity contribution in [2.45, 2.75) is 13.8 Å². The molecule has 1 heterocycles. The molecule has 0 saturated carbocycles. The number of hydroxylamine groups is 2. The van der Waals surface area contributed by atoms with Crippen LogP contribution >= 0.6 is 0 Å². The van der Waals surface area contributed by atoms with Crippen LogP contribution in [0.15, 0.2) is 42.5 Å². The Kier molecular flexibility index (Phi) is 4.45. The number of hydrogen-bond donors (Lipinski definition) is 2. The highest BCUT2D eigenvalue weighted by molar-refractivity contribution is 5.70. The van der Waals surface area contributed by atoms with Gasteiger partial charge in [0.25, 0.3) is 0 Å². The van der Waals surface area contributed by atoms with Crippen LogP contribution in [0.25, 0.3) is 11.8 Å². The maximum atomic E-state index is 10.6. The third-order valence-corrected chi connectivity index (χ3v) is 3.27. The summed E-state index contributed by atoms with van der Waals surface area (Å²) in [6.07, 6.45) is 3.50. The van der Waals surface area contributed by atoms with Crippen LogP contribution in [0.5, 0.6) is 0 Å². The second-order valence-corrected chi connectivity index (χ2v) is 4.87. The number of carbonyl (C=O) groups is 1. The monoisotopic (exact) mass is 285 g/mol. The van der Waals surface area contributed by atoms with Gasteiger partial charge >= 0.3 is 6.03 Å². The fourth-order valence-corrected chi connectivity index (χ4v) is 2.19. The summed E-state index contributed by atoms with van der Waals surface area (Å²) in [5.74, 6) is 0. The highest BCUT2D eigenvalue weighted by Gasteiger charge is 2.03. The van der Waals surface area contributed by atoms with E-state index < -0.39 is 6.03 Å². The molecule has 0 saturated heterocycles. The standard InChI is InChI=1S/C16H19N3O2/c1-12-5-6-13(2)19(12)15-9-7-14(8-10-15)4-3-11-18(21)16(17)20/h3-10,21H,11H2,1-2H3,(H2,17,20). The first-order valence-electron chi connectivity index (χ1n) is 6.67. The number of carbonyl (C=O) groups excluding carboxylic acids is 1. The van der Waals surface area contributed by atoms with Crippen molar-refractivity contribution in [1.82, 2.24) is 9.63 Å². The molecule has 110 valence electrons. The van der Waals surface area contributed by atoms with Gasteiger partial charge in [-0.25, -0.2) is 9.86 Å². The summed E-state index contributed by atoms with van der Waals surface area (Å²) in [4.78, 5) is 10.6. The van der Waals surface area contributed by atoms with Gasteiger partial charge in [-0.3, -0.25) is 5.21 Å². The van der Waals surface area contributed by atoms with Crippen LogP contribution in [-0.4, -0.2) is 27.4 Å². The SMILES string of the molecule is Cc1ccc(C)n1-c1ccc(C=CCN(O)C(N)=O)cc1. The lowest BCUT2D eigenvalue weighted by Crippen LogP contribution is -2.32. The van der Waals surface area contributed by atoms with Crippen LogP contribution in [0.2, 0.25) is 0 Å². The van der Waals surface area contributed by atoms with E-state index in [0.717, 1.165) is 11.3 Å². The Balaban J connectivity index is 2.09. The van der Waals surface area contributed by atoms with Crippen LogP contribution in [0.3, 0.4) is 0 Å². The van der Waals surface area contributed by atoms with Gasteiger partial charge in [0.15, 0.2) is 0 Å². The molecule has 1 aromatic carbocycles. The van der Waals surface area contributed by atoms with Crippen LogP contribution in [0, 0.1) is 13.8 Å². The van der Waals surface area contributed by atoms with Gasteiger partial charge in [0.2, 0.25) is 0 Å². The van der Waals surface area contributed by atoms with Gasteiger partial charge in [-0.15, -0.1) is 0 Å². The van der Waals surface area contributed by atoms with Crippen molar-refractivity contribution in [2.24, 2.45) is 5.73 Å². The molecule has 0 atom stereocenters. The molecule has 21 heavy (non-hydrogen) atoms. The van der Waals surface area contributed by atoms with Crippen molar-refractivity contribution >= 4 is 12.1 Å². The predicted octanol–water partition coefficient (Wildman–Crippen LogP) is 2.88. The fourth-order valence-electron chi connectivity index (χ4n) is 2.19. The number of benzene rings is 1. The molecule has 0 fully saturated rings. The van der Waals surface area contributed by atoms with Gasteiger partial charge in [0, 0.05) is 17.1 Å². The van der Waals surface area contributed by atoms with E-state index in [9.17, 15) is 4.79 Å². The molecule has 1 aromatic heterocycles. The molecule has 5 heteroatoms. The zero-order valence-corrected chi connectivity index (χ0v) is 12.2.